The lowest BCUT2D eigenvalue weighted by Gasteiger charge is -2.34. The molecule has 132 valence electrons. The van der Waals surface area contributed by atoms with Crippen molar-refractivity contribution in [1.29, 1.82) is 0 Å². The molecule has 8 heteroatoms. The Morgan fingerprint density at radius 1 is 1.14 bits per heavy atom. The largest absolute Gasteiger partial charge is 0.395 e. The van der Waals surface area contributed by atoms with Crippen LogP contribution in [0.5, 0.6) is 0 Å². The Labute approximate surface area is 134 Å². The minimum Gasteiger partial charge on any atom is -0.395 e. The van der Waals surface area contributed by atoms with Crippen LogP contribution in [0.2, 0.25) is 0 Å². The monoisotopic (exact) mass is 338 g/mol. The lowest BCUT2D eigenvalue weighted by Crippen LogP contribution is -2.48. The van der Waals surface area contributed by atoms with Crippen molar-refractivity contribution in [2.45, 2.75) is 38.9 Å². The van der Waals surface area contributed by atoms with Gasteiger partial charge in [-0.3, -0.25) is 14.0 Å². The maximum Gasteiger partial charge on any atom is 0.269 e. The minimum atomic E-state index is -3.61. The second-order valence-corrected chi connectivity index (χ2v) is 8.26. The summed E-state index contributed by atoms with van der Waals surface area (Å²) >= 11 is 0. The van der Waals surface area contributed by atoms with Gasteiger partial charge in [-0.05, 0) is 20.8 Å². The van der Waals surface area contributed by atoms with Gasteiger partial charge in [-0.2, -0.15) is 8.42 Å². The molecule has 1 rings (SSSR count). The molecule has 0 saturated carbocycles. The van der Waals surface area contributed by atoms with E-state index in [0.29, 0.717) is 13.1 Å². The Morgan fingerprint density at radius 2 is 1.64 bits per heavy atom. The van der Waals surface area contributed by atoms with Crippen molar-refractivity contribution < 1.29 is 22.8 Å². The van der Waals surface area contributed by atoms with E-state index in [1.807, 2.05) is 0 Å². The van der Waals surface area contributed by atoms with Gasteiger partial charge in [0.1, 0.15) is 0 Å². The Balaban J connectivity index is 2.37. The van der Waals surface area contributed by atoms with Gasteiger partial charge in [-0.1, -0.05) is 0 Å². The van der Waals surface area contributed by atoms with E-state index in [2.05, 4.69) is 9.80 Å². The van der Waals surface area contributed by atoms with E-state index in [9.17, 15) is 13.5 Å². The van der Waals surface area contributed by atoms with Crippen molar-refractivity contribution in [1.82, 2.24) is 9.80 Å². The first-order valence-electron chi connectivity index (χ1n) is 7.80. The van der Waals surface area contributed by atoms with Gasteiger partial charge in [0, 0.05) is 45.7 Å². The highest BCUT2D eigenvalue weighted by Crippen LogP contribution is 2.20. The minimum absolute atomic E-state index is 0.0454. The second-order valence-electron chi connectivity index (χ2n) is 6.56. The van der Waals surface area contributed by atoms with Crippen LogP contribution < -0.4 is 0 Å². The number of hydrogen-bond acceptors (Lipinski definition) is 7. The molecule has 0 amide bonds. The van der Waals surface area contributed by atoms with Gasteiger partial charge >= 0.3 is 0 Å². The maximum absolute atomic E-state index is 12.1. The average molecular weight is 338 g/mol. The molecule has 0 aromatic carbocycles. The molecule has 0 radical (unpaired) electrons. The van der Waals surface area contributed by atoms with Crippen LogP contribution in [0.25, 0.3) is 0 Å². The molecular weight excluding hydrogens is 308 g/mol. The highest BCUT2D eigenvalue weighted by molar-refractivity contribution is 7.86. The number of piperazine rings is 1. The third-order valence-corrected chi connectivity index (χ3v) is 5.07. The third kappa shape index (κ3) is 7.85. The number of aliphatic hydroxyl groups excluding tert-OH is 2. The number of rotatable bonds is 9. The van der Waals surface area contributed by atoms with Crippen molar-refractivity contribution in [3.05, 3.63) is 0 Å². The molecule has 7 nitrogen and oxygen atoms in total. The summed E-state index contributed by atoms with van der Waals surface area (Å²) in [5.41, 5.74) is -0.896. The van der Waals surface area contributed by atoms with Crippen LogP contribution in [-0.2, 0) is 14.3 Å². The first-order valence-corrected chi connectivity index (χ1v) is 9.38. The normalized spacial score (nSPS) is 20.2. The molecule has 1 aliphatic heterocycles. The van der Waals surface area contributed by atoms with Crippen LogP contribution in [0.1, 0.15) is 27.2 Å². The summed E-state index contributed by atoms with van der Waals surface area (Å²) in [6, 6.07) is 0. The Morgan fingerprint density at radius 3 is 2.09 bits per heavy atom. The zero-order chi connectivity index (χ0) is 16.8. The van der Waals surface area contributed by atoms with Crippen molar-refractivity contribution in [3.8, 4) is 0 Å². The summed E-state index contributed by atoms with van der Waals surface area (Å²) in [6.07, 6.45) is -0.337. The van der Waals surface area contributed by atoms with Gasteiger partial charge in [0.15, 0.2) is 0 Å². The van der Waals surface area contributed by atoms with Gasteiger partial charge in [0.05, 0.1) is 24.1 Å². The Bertz CT molecular complexity index is 417. The Kier molecular flexibility index (Phi) is 7.70. The second kappa shape index (κ2) is 8.56. The number of hydrogen-bond donors (Lipinski definition) is 2. The fourth-order valence-corrected chi connectivity index (χ4v) is 4.07. The van der Waals surface area contributed by atoms with Crippen LogP contribution in [0.3, 0.4) is 0 Å². The topological polar surface area (TPSA) is 90.3 Å². The molecule has 1 saturated heterocycles. The predicted molar refractivity (Wildman–Crippen MR) is 85.2 cm³/mol. The van der Waals surface area contributed by atoms with E-state index in [1.54, 1.807) is 20.8 Å². The molecule has 0 aliphatic carbocycles. The SMILES string of the molecule is CC(O)CC(C)(C)OS(=O)(=O)CCN1CCN(CCO)CC1. The van der Waals surface area contributed by atoms with Gasteiger partial charge in [-0.15, -0.1) is 0 Å². The van der Waals surface area contributed by atoms with Crippen molar-refractivity contribution >= 4 is 10.1 Å². The van der Waals surface area contributed by atoms with Gasteiger partial charge in [-0.25, -0.2) is 0 Å². The number of β-amino-alcohol motifs (C(OH)–C–C–N with tert-alkyl or cyclic N) is 1. The lowest BCUT2D eigenvalue weighted by molar-refractivity contribution is 0.0505. The molecular formula is C14H30N2O5S. The third-order valence-electron chi connectivity index (χ3n) is 3.68. The summed E-state index contributed by atoms with van der Waals surface area (Å²) in [5, 5.41) is 18.3. The van der Waals surface area contributed by atoms with Crippen LogP contribution >= 0.6 is 0 Å². The molecule has 1 heterocycles. The highest BCUT2D eigenvalue weighted by Gasteiger charge is 2.29. The number of aliphatic hydroxyl groups is 2. The van der Waals surface area contributed by atoms with E-state index in [4.69, 9.17) is 9.29 Å². The van der Waals surface area contributed by atoms with Gasteiger partial charge < -0.3 is 10.2 Å². The summed E-state index contributed by atoms with van der Waals surface area (Å²) in [6.45, 7) is 9.51. The average Bonchev–Trinajstić information content (AvgIpc) is 2.35. The zero-order valence-corrected chi connectivity index (χ0v) is 14.7. The summed E-state index contributed by atoms with van der Waals surface area (Å²) in [5.74, 6) is -0.0454. The number of nitrogens with zero attached hydrogens (tertiary/aromatic N) is 2. The fraction of sp³-hybridized carbons (Fsp3) is 1.00. The van der Waals surface area contributed by atoms with E-state index >= 15 is 0 Å². The fourth-order valence-electron chi connectivity index (χ4n) is 2.75. The van der Waals surface area contributed by atoms with Crippen LogP contribution in [0, 0.1) is 0 Å². The smallest absolute Gasteiger partial charge is 0.269 e. The maximum atomic E-state index is 12.1. The molecule has 0 aromatic rings. The van der Waals surface area contributed by atoms with Crippen LogP contribution in [-0.4, -0.2) is 91.8 Å². The molecule has 2 N–H and O–H groups in total. The molecule has 1 atom stereocenters. The van der Waals surface area contributed by atoms with E-state index in [0.717, 1.165) is 26.2 Å². The van der Waals surface area contributed by atoms with E-state index < -0.39 is 21.8 Å². The highest BCUT2D eigenvalue weighted by atomic mass is 32.2. The van der Waals surface area contributed by atoms with Gasteiger partial charge in [0.25, 0.3) is 10.1 Å². The molecule has 1 fully saturated rings. The van der Waals surface area contributed by atoms with Crippen molar-refractivity contribution in [2.24, 2.45) is 0 Å². The molecule has 0 bridgehead atoms. The van der Waals surface area contributed by atoms with Gasteiger partial charge in [0.2, 0.25) is 0 Å². The van der Waals surface area contributed by atoms with Crippen LogP contribution in [0.15, 0.2) is 0 Å². The standard InChI is InChI=1S/C14H30N2O5S/c1-13(18)12-14(2,3)21-22(19,20)11-9-16-6-4-15(5-7-16)8-10-17/h13,17-18H,4-12H2,1-3H3. The van der Waals surface area contributed by atoms with Crippen LogP contribution in [0.4, 0.5) is 0 Å². The molecule has 0 spiro atoms. The molecule has 0 aromatic heterocycles. The van der Waals surface area contributed by atoms with Crippen molar-refractivity contribution in [3.63, 3.8) is 0 Å². The molecule has 22 heavy (non-hydrogen) atoms. The van der Waals surface area contributed by atoms with E-state index in [-0.39, 0.29) is 18.8 Å². The van der Waals surface area contributed by atoms with E-state index in [1.165, 1.54) is 0 Å². The van der Waals surface area contributed by atoms with Crippen molar-refractivity contribution in [2.75, 3.05) is 51.6 Å². The summed E-state index contributed by atoms with van der Waals surface area (Å²) in [7, 11) is -3.61. The quantitative estimate of drug-likeness (QED) is 0.547. The molecule has 1 unspecified atom stereocenters. The first kappa shape index (κ1) is 19.8. The first-order chi connectivity index (χ1) is 10.1. The Hall–Kier alpha value is -0.250. The summed E-state index contributed by atoms with van der Waals surface area (Å²) in [4.78, 5) is 4.25. The zero-order valence-electron chi connectivity index (χ0n) is 13.9. The lowest BCUT2D eigenvalue weighted by atomic mass is 10.0. The predicted octanol–water partition coefficient (Wildman–Crippen LogP) is -0.508. The molecule has 1 aliphatic rings. The summed E-state index contributed by atoms with van der Waals surface area (Å²) < 4.78 is 29.4.